The molecular formula is C18H12Cl2F3N3O2. The van der Waals surface area contributed by atoms with Crippen LogP contribution in [0, 0.1) is 0 Å². The molecule has 0 saturated heterocycles. The summed E-state index contributed by atoms with van der Waals surface area (Å²) in [6.45, 7) is -0.0100. The summed E-state index contributed by atoms with van der Waals surface area (Å²) in [5.74, 6) is -0.706. The molecular weight excluding hydrogens is 418 g/mol. The predicted molar refractivity (Wildman–Crippen MR) is 97.9 cm³/mol. The Hall–Kier alpha value is -2.71. The monoisotopic (exact) mass is 429 g/mol. The highest BCUT2D eigenvalue weighted by atomic mass is 35.5. The Labute approximate surface area is 167 Å². The number of para-hydroxylation sites is 1. The molecule has 28 heavy (non-hydrogen) atoms. The average molecular weight is 430 g/mol. The zero-order valence-electron chi connectivity index (χ0n) is 14.0. The van der Waals surface area contributed by atoms with Crippen molar-refractivity contribution in [3.63, 3.8) is 0 Å². The normalized spacial score (nSPS) is 11.3. The molecule has 0 saturated carbocycles. The van der Waals surface area contributed by atoms with Crippen molar-refractivity contribution < 1.29 is 22.7 Å². The lowest BCUT2D eigenvalue weighted by Gasteiger charge is -2.13. The van der Waals surface area contributed by atoms with Crippen molar-refractivity contribution in [2.24, 2.45) is 0 Å². The standard InChI is InChI=1S/C18H12Cl2F3N3O2/c19-13-7-6-11(8-14(13)20)9-24-17(27)28-15-10-25-26(16(15)18(21,22)23)12-4-2-1-3-5-12/h1-8,10H,9H2,(H,24,27). The Morgan fingerprint density at radius 1 is 1.11 bits per heavy atom. The minimum absolute atomic E-state index is 0.0100. The van der Waals surface area contributed by atoms with E-state index in [-0.39, 0.29) is 17.3 Å². The average Bonchev–Trinajstić information content (AvgIpc) is 3.07. The van der Waals surface area contributed by atoms with Crippen LogP contribution in [-0.4, -0.2) is 15.9 Å². The van der Waals surface area contributed by atoms with Gasteiger partial charge in [-0.1, -0.05) is 47.5 Å². The van der Waals surface area contributed by atoms with Crippen LogP contribution in [0.1, 0.15) is 11.3 Å². The molecule has 0 spiro atoms. The topological polar surface area (TPSA) is 56.1 Å². The van der Waals surface area contributed by atoms with E-state index >= 15 is 0 Å². The summed E-state index contributed by atoms with van der Waals surface area (Å²) >= 11 is 11.7. The molecule has 0 aliphatic carbocycles. The highest BCUT2D eigenvalue weighted by molar-refractivity contribution is 6.42. The number of carbonyl (C=O) groups is 1. The molecule has 1 N–H and O–H groups in total. The first-order valence-electron chi connectivity index (χ1n) is 7.86. The highest BCUT2D eigenvalue weighted by Gasteiger charge is 2.40. The molecule has 3 rings (SSSR count). The van der Waals surface area contributed by atoms with E-state index in [1.54, 1.807) is 24.3 Å². The summed E-state index contributed by atoms with van der Waals surface area (Å²) in [4.78, 5) is 12.0. The lowest BCUT2D eigenvalue weighted by atomic mass is 10.2. The first kappa shape index (κ1) is 20.0. The summed E-state index contributed by atoms with van der Waals surface area (Å²) in [7, 11) is 0. The minimum atomic E-state index is -4.79. The van der Waals surface area contributed by atoms with Crippen molar-refractivity contribution in [1.82, 2.24) is 15.1 Å². The number of hydrogen-bond acceptors (Lipinski definition) is 3. The minimum Gasteiger partial charge on any atom is -0.406 e. The number of rotatable bonds is 4. The Morgan fingerprint density at radius 2 is 1.82 bits per heavy atom. The number of nitrogens with one attached hydrogen (secondary N) is 1. The molecule has 0 fully saturated rings. The maximum atomic E-state index is 13.5. The molecule has 10 heteroatoms. The molecule has 0 radical (unpaired) electrons. The SMILES string of the molecule is O=C(NCc1ccc(Cl)c(Cl)c1)Oc1cnn(-c2ccccc2)c1C(F)(F)F. The lowest BCUT2D eigenvalue weighted by Crippen LogP contribution is -2.27. The van der Waals surface area contributed by atoms with Gasteiger partial charge in [-0.2, -0.15) is 18.3 Å². The van der Waals surface area contributed by atoms with Crippen molar-refractivity contribution >= 4 is 29.3 Å². The molecule has 0 atom stereocenters. The zero-order valence-corrected chi connectivity index (χ0v) is 15.5. The van der Waals surface area contributed by atoms with Crippen LogP contribution in [0.2, 0.25) is 10.0 Å². The summed E-state index contributed by atoms with van der Waals surface area (Å²) < 4.78 is 46.0. The van der Waals surface area contributed by atoms with Crippen LogP contribution >= 0.6 is 23.2 Å². The second kappa shape index (κ2) is 8.12. The third kappa shape index (κ3) is 4.58. The highest BCUT2D eigenvalue weighted by Crippen LogP contribution is 2.37. The van der Waals surface area contributed by atoms with Gasteiger partial charge in [-0.25, -0.2) is 9.48 Å². The Kier molecular flexibility index (Phi) is 5.81. The fourth-order valence-corrected chi connectivity index (χ4v) is 2.71. The third-order valence-electron chi connectivity index (χ3n) is 3.63. The smallest absolute Gasteiger partial charge is 0.406 e. The number of halogens is 5. The van der Waals surface area contributed by atoms with Crippen molar-refractivity contribution in [2.45, 2.75) is 12.7 Å². The molecule has 1 aromatic heterocycles. The molecule has 2 aromatic carbocycles. The third-order valence-corrected chi connectivity index (χ3v) is 4.37. The van der Waals surface area contributed by atoms with Gasteiger partial charge in [0.15, 0.2) is 11.4 Å². The molecule has 0 aliphatic rings. The molecule has 1 amide bonds. The van der Waals surface area contributed by atoms with Crippen LogP contribution in [0.3, 0.4) is 0 Å². The quantitative estimate of drug-likeness (QED) is 0.596. The van der Waals surface area contributed by atoms with Crippen LogP contribution < -0.4 is 10.1 Å². The number of alkyl halides is 3. The maximum Gasteiger partial charge on any atom is 0.437 e. The van der Waals surface area contributed by atoms with Gasteiger partial charge in [0.25, 0.3) is 0 Å². The lowest BCUT2D eigenvalue weighted by molar-refractivity contribution is -0.143. The van der Waals surface area contributed by atoms with Gasteiger partial charge in [0.05, 0.1) is 21.9 Å². The summed E-state index contributed by atoms with van der Waals surface area (Å²) in [6, 6.07) is 12.4. The summed E-state index contributed by atoms with van der Waals surface area (Å²) in [5, 5.41) is 6.69. The predicted octanol–water partition coefficient (Wildman–Crippen LogP) is 5.49. The number of nitrogens with zero attached hydrogens (tertiary/aromatic N) is 2. The molecule has 1 heterocycles. The van der Waals surface area contributed by atoms with Crippen LogP contribution in [0.15, 0.2) is 54.7 Å². The van der Waals surface area contributed by atoms with E-state index in [9.17, 15) is 18.0 Å². The van der Waals surface area contributed by atoms with Crippen LogP contribution in [0.4, 0.5) is 18.0 Å². The van der Waals surface area contributed by atoms with E-state index in [0.29, 0.717) is 15.3 Å². The molecule has 0 bridgehead atoms. The van der Waals surface area contributed by atoms with Gasteiger partial charge in [-0.3, -0.25) is 0 Å². The number of aromatic nitrogens is 2. The van der Waals surface area contributed by atoms with Gasteiger partial charge in [0.1, 0.15) is 0 Å². The first-order valence-corrected chi connectivity index (χ1v) is 8.61. The number of amides is 1. The molecule has 3 aromatic rings. The van der Waals surface area contributed by atoms with Crippen LogP contribution in [0.25, 0.3) is 5.69 Å². The second-order valence-electron chi connectivity index (χ2n) is 5.59. The largest absolute Gasteiger partial charge is 0.437 e. The van der Waals surface area contributed by atoms with Crippen LogP contribution in [-0.2, 0) is 12.7 Å². The molecule has 0 aliphatic heterocycles. The van der Waals surface area contributed by atoms with Crippen molar-refractivity contribution in [3.05, 3.63) is 76.0 Å². The fourth-order valence-electron chi connectivity index (χ4n) is 2.39. The molecule has 0 unspecified atom stereocenters. The van der Waals surface area contributed by atoms with E-state index in [2.05, 4.69) is 10.4 Å². The van der Waals surface area contributed by atoms with E-state index in [0.717, 1.165) is 6.20 Å². The van der Waals surface area contributed by atoms with Crippen molar-refractivity contribution in [1.29, 1.82) is 0 Å². The Bertz CT molecular complexity index is 991. The summed E-state index contributed by atoms with van der Waals surface area (Å²) in [5.41, 5.74) is -0.411. The molecule has 5 nitrogen and oxygen atoms in total. The second-order valence-corrected chi connectivity index (χ2v) is 6.41. The Morgan fingerprint density at radius 3 is 2.46 bits per heavy atom. The van der Waals surface area contributed by atoms with E-state index < -0.39 is 23.7 Å². The number of carbonyl (C=O) groups excluding carboxylic acids is 1. The van der Waals surface area contributed by atoms with Gasteiger partial charge in [0, 0.05) is 6.54 Å². The number of ether oxygens (including phenoxy) is 1. The van der Waals surface area contributed by atoms with Gasteiger partial charge < -0.3 is 10.1 Å². The van der Waals surface area contributed by atoms with Crippen molar-refractivity contribution in [3.8, 4) is 11.4 Å². The van der Waals surface area contributed by atoms with E-state index in [1.807, 2.05) is 0 Å². The Balaban J connectivity index is 1.77. The van der Waals surface area contributed by atoms with Gasteiger partial charge in [-0.15, -0.1) is 0 Å². The molecule has 146 valence electrons. The fraction of sp³-hybridized carbons (Fsp3) is 0.111. The number of benzene rings is 2. The first-order chi connectivity index (χ1) is 13.3. The van der Waals surface area contributed by atoms with E-state index in [4.69, 9.17) is 27.9 Å². The maximum absolute atomic E-state index is 13.5. The summed E-state index contributed by atoms with van der Waals surface area (Å²) in [6.07, 6.45) is -5.01. The van der Waals surface area contributed by atoms with Gasteiger partial charge in [0.2, 0.25) is 0 Å². The number of hydrogen-bond donors (Lipinski definition) is 1. The zero-order chi connectivity index (χ0) is 20.3. The van der Waals surface area contributed by atoms with E-state index in [1.165, 1.54) is 24.3 Å². The van der Waals surface area contributed by atoms with Crippen molar-refractivity contribution in [2.75, 3.05) is 0 Å². The van der Waals surface area contributed by atoms with Crippen LogP contribution in [0.5, 0.6) is 5.75 Å². The van der Waals surface area contributed by atoms with Gasteiger partial charge in [-0.05, 0) is 29.8 Å². The van der Waals surface area contributed by atoms with Gasteiger partial charge >= 0.3 is 12.3 Å².